The molecule has 2 heterocycles. The molecule has 0 bridgehead atoms. The lowest BCUT2D eigenvalue weighted by Crippen LogP contribution is -2.31. The third-order valence-corrected chi connectivity index (χ3v) is 8.87. The van der Waals surface area contributed by atoms with Crippen LogP contribution in [0.2, 0.25) is 0 Å². The Kier molecular flexibility index (Phi) is 10.7. The fourth-order valence-electron chi connectivity index (χ4n) is 6.67. The number of piperidine rings is 1. The molecule has 1 saturated heterocycles. The molecular weight excluding hydrogens is 490 g/mol. The Bertz CT molecular complexity index is 1160. The Labute approximate surface area is 235 Å². The van der Waals surface area contributed by atoms with Gasteiger partial charge in [-0.2, -0.15) is 0 Å². The number of para-hydroxylation sites is 1. The lowest BCUT2D eigenvalue weighted by molar-refractivity contribution is -0.121. The molecule has 206 valence electrons. The summed E-state index contributed by atoms with van der Waals surface area (Å²) >= 11 is 0. The van der Waals surface area contributed by atoms with E-state index in [1.54, 1.807) is 0 Å². The van der Waals surface area contributed by atoms with Crippen LogP contribution in [0.25, 0.3) is 10.9 Å². The van der Waals surface area contributed by atoms with E-state index in [4.69, 9.17) is 0 Å². The molecule has 1 amide bonds. The van der Waals surface area contributed by atoms with Crippen LogP contribution in [0.3, 0.4) is 0 Å². The summed E-state index contributed by atoms with van der Waals surface area (Å²) in [6.07, 6.45) is 14.6. The molecule has 4 nitrogen and oxygen atoms in total. The summed E-state index contributed by atoms with van der Waals surface area (Å²) in [6.45, 7) is 6.21. The van der Waals surface area contributed by atoms with E-state index in [9.17, 15) is 4.79 Å². The topological polar surface area (TPSA) is 46.1 Å². The standard InChI is InChI=1S/C33H45N3O.ClH/c1-25-8-7-11-28(22-25)30(23-33(37)35-20-16-27-14-18-34-19-15-27)31-24-36(32-13-6-5-12-29(31)32)21-17-26-9-3-2-4-10-26;/h5-8,11-13,22,24,26-27,30,34H,2-4,9-10,14-21,23H2,1H3,(H,35,37);1H. The van der Waals surface area contributed by atoms with Crippen molar-refractivity contribution < 1.29 is 4.79 Å². The monoisotopic (exact) mass is 535 g/mol. The van der Waals surface area contributed by atoms with Crippen LogP contribution in [0.15, 0.2) is 54.7 Å². The van der Waals surface area contributed by atoms with Gasteiger partial charge in [-0.15, -0.1) is 12.4 Å². The first-order valence-corrected chi connectivity index (χ1v) is 14.8. The minimum Gasteiger partial charge on any atom is -0.356 e. The van der Waals surface area contributed by atoms with Gasteiger partial charge in [-0.05, 0) is 74.7 Å². The van der Waals surface area contributed by atoms with Crippen LogP contribution in [-0.4, -0.2) is 30.1 Å². The second kappa shape index (κ2) is 14.2. The predicted octanol–water partition coefficient (Wildman–Crippen LogP) is 7.37. The van der Waals surface area contributed by atoms with Crippen molar-refractivity contribution in [3.05, 3.63) is 71.4 Å². The van der Waals surface area contributed by atoms with Gasteiger partial charge < -0.3 is 15.2 Å². The van der Waals surface area contributed by atoms with Gasteiger partial charge in [0.1, 0.15) is 0 Å². The lowest BCUT2D eigenvalue weighted by atomic mass is 9.87. The molecule has 1 saturated carbocycles. The number of aromatic nitrogens is 1. The molecule has 2 N–H and O–H groups in total. The normalized spacial score (nSPS) is 17.7. The third-order valence-electron chi connectivity index (χ3n) is 8.87. The number of amides is 1. The number of benzene rings is 2. The maximum atomic E-state index is 13.3. The van der Waals surface area contributed by atoms with Crippen LogP contribution >= 0.6 is 12.4 Å². The van der Waals surface area contributed by atoms with E-state index in [-0.39, 0.29) is 24.2 Å². The summed E-state index contributed by atoms with van der Waals surface area (Å²) < 4.78 is 2.47. The number of hydrogen-bond donors (Lipinski definition) is 2. The van der Waals surface area contributed by atoms with Crippen molar-refractivity contribution >= 4 is 29.2 Å². The molecule has 0 spiro atoms. The quantitative estimate of drug-likeness (QED) is 0.284. The van der Waals surface area contributed by atoms with Crippen LogP contribution in [0.1, 0.15) is 86.8 Å². The van der Waals surface area contributed by atoms with Crippen LogP contribution in [0.4, 0.5) is 0 Å². The molecule has 5 rings (SSSR count). The second-order valence-corrected chi connectivity index (χ2v) is 11.6. The van der Waals surface area contributed by atoms with E-state index in [0.717, 1.165) is 44.4 Å². The average Bonchev–Trinajstić information content (AvgIpc) is 3.30. The summed E-state index contributed by atoms with van der Waals surface area (Å²) in [5.41, 5.74) is 5.08. The van der Waals surface area contributed by atoms with Gasteiger partial charge in [0.05, 0.1) is 0 Å². The first-order valence-electron chi connectivity index (χ1n) is 14.8. The minimum atomic E-state index is 0. The molecule has 1 atom stereocenters. The average molecular weight is 536 g/mol. The summed E-state index contributed by atoms with van der Waals surface area (Å²) in [6, 6.07) is 17.5. The molecule has 1 aliphatic heterocycles. The van der Waals surface area contributed by atoms with Crippen molar-refractivity contribution in [2.24, 2.45) is 11.8 Å². The smallest absolute Gasteiger partial charge is 0.220 e. The zero-order chi connectivity index (χ0) is 25.5. The number of fused-ring (bicyclic) bond motifs is 1. The number of nitrogens with one attached hydrogen (secondary N) is 2. The highest BCUT2D eigenvalue weighted by molar-refractivity contribution is 5.86. The number of rotatable bonds is 10. The summed E-state index contributed by atoms with van der Waals surface area (Å²) in [7, 11) is 0. The Balaban J connectivity index is 0.00000336. The molecule has 1 unspecified atom stereocenters. The number of carbonyl (C=O) groups is 1. The number of carbonyl (C=O) groups excluding carboxylic acids is 1. The number of halogens is 1. The van der Waals surface area contributed by atoms with Crippen molar-refractivity contribution in [2.75, 3.05) is 19.6 Å². The summed E-state index contributed by atoms with van der Waals surface area (Å²) in [4.78, 5) is 13.3. The molecule has 3 aromatic rings. The van der Waals surface area contributed by atoms with Crippen LogP contribution in [0, 0.1) is 18.8 Å². The van der Waals surface area contributed by atoms with Gasteiger partial charge in [0, 0.05) is 42.5 Å². The van der Waals surface area contributed by atoms with E-state index in [2.05, 4.69) is 76.9 Å². The number of nitrogens with zero attached hydrogens (tertiary/aromatic N) is 1. The first kappa shape index (κ1) is 28.7. The largest absolute Gasteiger partial charge is 0.356 e. The molecule has 2 aromatic carbocycles. The van der Waals surface area contributed by atoms with Gasteiger partial charge in [0.15, 0.2) is 0 Å². The predicted molar refractivity (Wildman–Crippen MR) is 161 cm³/mol. The summed E-state index contributed by atoms with van der Waals surface area (Å²) in [5, 5.41) is 8.00. The lowest BCUT2D eigenvalue weighted by Gasteiger charge is -2.23. The molecule has 1 aliphatic carbocycles. The fourth-order valence-corrected chi connectivity index (χ4v) is 6.67. The zero-order valence-corrected chi connectivity index (χ0v) is 23.9. The Morgan fingerprint density at radius 2 is 1.74 bits per heavy atom. The van der Waals surface area contributed by atoms with E-state index in [0.29, 0.717) is 6.42 Å². The maximum absolute atomic E-state index is 13.3. The number of hydrogen-bond acceptors (Lipinski definition) is 2. The van der Waals surface area contributed by atoms with Crippen LogP contribution in [0.5, 0.6) is 0 Å². The fraction of sp³-hybridized carbons (Fsp3) is 0.545. The third kappa shape index (κ3) is 7.42. The van der Waals surface area contributed by atoms with E-state index in [1.165, 1.54) is 79.0 Å². The Hall–Kier alpha value is -2.30. The van der Waals surface area contributed by atoms with Gasteiger partial charge in [-0.1, -0.05) is 80.1 Å². The molecule has 2 aliphatic rings. The first-order chi connectivity index (χ1) is 18.2. The highest BCUT2D eigenvalue weighted by Gasteiger charge is 2.24. The van der Waals surface area contributed by atoms with Gasteiger partial charge >= 0.3 is 0 Å². The van der Waals surface area contributed by atoms with Gasteiger partial charge in [0.25, 0.3) is 0 Å². The highest BCUT2D eigenvalue weighted by Crippen LogP contribution is 2.36. The molecule has 0 radical (unpaired) electrons. The van der Waals surface area contributed by atoms with E-state index in [1.807, 2.05) is 0 Å². The summed E-state index contributed by atoms with van der Waals surface area (Å²) in [5.74, 6) is 1.81. The molecule has 2 fully saturated rings. The molecule has 38 heavy (non-hydrogen) atoms. The van der Waals surface area contributed by atoms with Crippen molar-refractivity contribution in [3.8, 4) is 0 Å². The van der Waals surface area contributed by atoms with Crippen LogP contribution < -0.4 is 10.6 Å². The van der Waals surface area contributed by atoms with Crippen LogP contribution in [-0.2, 0) is 11.3 Å². The van der Waals surface area contributed by atoms with E-state index < -0.39 is 0 Å². The second-order valence-electron chi connectivity index (χ2n) is 11.6. The van der Waals surface area contributed by atoms with Gasteiger partial charge in [-0.25, -0.2) is 0 Å². The van der Waals surface area contributed by atoms with Crippen molar-refractivity contribution in [1.82, 2.24) is 15.2 Å². The molecule has 5 heteroatoms. The highest BCUT2D eigenvalue weighted by atomic mass is 35.5. The van der Waals surface area contributed by atoms with Crippen molar-refractivity contribution in [1.29, 1.82) is 0 Å². The van der Waals surface area contributed by atoms with Gasteiger partial charge in [-0.3, -0.25) is 4.79 Å². The molecular formula is C33H46ClN3O. The Morgan fingerprint density at radius 3 is 2.53 bits per heavy atom. The Morgan fingerprint density at radius 1 is 0.974 bits per heavy atom. The number of aryl methyl sites for hydroxylation is 2. The minimum absolute atomic E-state index is 0. The molecule has 1 aromatic heterocycles. The van der Waals surface area contributed by atoms with Gasteiger partial charge in [0.2, 0.25) is 5.91 Å². The van der Waals surface area contributed by atoms with Crippen molar-refractivity contribution in [2.45, 2.75) is 83.6 Å². The van der Waals surface area contributed by atoms with Crippen molar-refractivity contribution in [3.63, 3.8) is 0 Å². The maximum Gasteiger partial charge on any atom is 0.220 e. The SMILES string of the molecule is Cc1cccc(C(CC(=O)NCCC2CCNCC2)c2cn(CCC3CCCCC3)c3ccccc23)c1.Cl. The zero-order valence-electron chi connectivity index (χ0n) is 23.1. The van der Waals surface area contributed by atoms with E-state index >= 15 is 0 Å².